The van der Waals surface area contributed by atoms with Gasteiger partial charge >= 0.3 is 0 Å². The maximum absolute atomic E-state index is 10.8. The minimum atomic E-state index is 0.232. The zero-order valence-corrected chi connectivity index (χ0v) is 10.7. The fourth-order valence-corrected chi connectivity index (χ4v) is 1.56. The Morgan fingerprint density at radius 2 is 2.12 bits per heavy atom. The van der Waals surface area contributed by atoms with Gasteiger partial charge in [-0.15, -0.1) is 5.10 Å². The van der Waals surface area contributed by atoms with Crippen LogP contribution in [0.3, 0.4) is 0 Å². The van der Waals surface area contributed by atoms with E-state index in [4.69, 9.17) is 0 Å². The van der Waals surface area contributed by atoms with Crippen molar-refractivity contribution in [2.75, 3.05) is 0 Å². The summed E-state index contributed by atoms with van der Waals surface area (Å²) in [6.45, 7) is 8.94. The van der Waals surface area contributed by atoms with Crippen LogP contribution in [0.5, 0.6) is 0 Å². The highest BCUT2D eigenvalue weighted by molar-refractivity contribution is 5.75. The lowest BCUT2D eigenvalue weighted by atomic mass is 9.91. The first kappa shape index (κ1) is 12.9. The van der Waals surface area contributed by atoms with E-state index in [2.05, 4.69) is 31.1 Å². The lowest BCUT2D eigenvalue weighted by molar-refractivity contribution is -0.117. The van der Waals surface area contributed by atoms with Gasteiger partial charge in [-0.2, -0.15) is 0 Å². The van der Waals surface area contributed by atoms with Crippen molar-refractivity contribution < 1.29 is 4.79 Å². The van der Waals surface area contributed by atoms with Gasteiger partial charge in [0.2, 0.25) is 0 Å². The Labute approximate surface area is 97.0 Å². The Morgan fingerprint density at radius 1 is 1.44 bits per heavy atom. The van der Waals surface area contributed by atoms with Gasteiger partial charge in [-0.25, -0.2) is 0 Å². The fourth-order valence-electron chi connectivity index (χ4n) is 1.56. The summed E-state index contributed by atoms with van der Waals surface area (Å²) in [7, 11) is 0. The first-order chi connectivity index (χ1) is 7.37. The summed E-state index contributed by atoms with van der Waals surface area (Å²) in [6.07, 6.45) is 4.37. The molecule has 0 saturated heterocycles. The number of carbonyl (C=O) groups excluding carboxylic acids is 1. The first-order valence-corrected chi connectivity index (χ1v) is 5.75. The molecule has 4 nitrogen and oxygen atoms in total. The van der Waals surface area contributed by atoms with E-state index < -0.39 is 0 Å². The maximum atomic E-state index is 10.8. The molecule has 0 amide bonds. The average Bonchev–Trinajstić information content (AvgIpc) is 2.48. The van der Waals surface area contributed by atoms with E-state index in [0.717, 1.165) is 25.1 Å². The SMILES string of the molecule is CC(=O)CCCn1cc(CC(C)(C)C)nn1. The third-order valence-electron chi connectivity index (χ3n) is 2.21. The molecule has 0 radical (unpaired) electrons. The second kappa shape index (κ2) is 5.23. The summed E-state index contributed by atoms with van der Waals surface area (Å²) in [5.41, 5.74) is 1.26. The highest BCUT2D eigenvalue weighted by atomic mass is 16.1. The zero-order valence-electron chi connectivity index (χ0n) is 10.7. The van der Waals surface area contributed by atoms with Gasteiger partial charge in [0.1, 0.15) is 5.78 Å². The van der Waals surface area contributed by atoms with E-state index in [1.54, 1.807) is 6.92 Å². The van der Waals surface area contributed by atoms with Gasteiger partial charge < -0.3 is 4.79 Å². The molecule has 0 saturated carbocycles. The number of rotatable bonds is 5. The molecule has 1 aromatic rings. The van der Waals surface area contributed by atoms with Crippen molar-refractivity contribution in [2.45, 2.75) is 53.5 Å². The number of ketones is 1. The third-order valence-corrected chi connectivity index (χ3v) is 2.21. The van der Waals surface area contributed by atoms with Crippen LogP contribution in [0.25, 0.3) is 0 Å². The van der Waals surface area contributed by atoms with Crippen molar-refractivity contribution in [3.63, 3.8) is 0 Å². The molecular weight excluding hydrogens is 202 g/mol. The van der Waals surface area contributed by atoms with Crippen molar-refractivity contribution in [2.24, 2.45) is 5.41 Å². The highest BCUT2D eigenvalue weighted by Gasteiger charge is 2.13. The molecule has 0 unspecified atom stereocenters. The summed E-state index contributed by atoms with van der Waals surface area (Å²) in [5.74, 6) is 0.232. The minimum Gasteiger partial charge on any atom is -0.300 e. The predicted molar refractivity (Wildman–Crippen MR) is 63.1 cm³/mol. The number of aryl methyl sites for hydroxylation is 1. The number of nitrogens with zero attached hydrogens (tertiary/aromatic N) is 3. The summed E-state index contributed by atoms with van der Waals surface area (Å²) >= 11 is 0. The van der Waals surface area contributed by atoms with Gasteiger partial charge in [0, 0.05) is 19.2 Å². The highest BCUT2D eigenvalue weighted by Crippen LogP contribution is 2.18. The molecule has 1 aromatic heterocycles. The second-order valence-electron chi connectivity index (χ2n) is 5.52. The zero-order chi connectivity index (χ0) is 12.2. The standard InChI is InChI=1S/C12H21N3O/c1-10(16)6-5-7-15-9-11(13-14-15)8-12(2,3)4/h9H,5-8H2,1-4H3. The largest absolute Gasteiger partial charge is 0.300 e. The first-order valence-electron chi connectivity index (χ1n) is 5.75. The smallest absolute Gasteiger partial charge is 0.129 e. The molecule has 4 heteroatoms. The molecule has 0 N–H and O–H groups in total. The maximum Gasteiger partial charge on any atom is 0.129 e. The molecule has 0 aromatic carbocycles. The summed E-state index contributed by atoms with van der Waals surface area (Å²) in [5, 5.41) is 8.18. The molecule has 1 rings (SSSR count). The molecule has 0 bridgehead atoms. The normalized spacial score (nSPS) is 11.8. The number of hydrogen-bond donors (Lipinski definition) is 0. The molecule has 0 aliphatic heterocycles. The predicted octanol–water partition coefficient (Wildman–Crippen LogP) is 2.24. The quantitative estimate of drug-likeness (QED) is 0.769. The molecule has 16 heavy (non-hydrogen) atoms. The molecule has 0 aliphatic rings. The van der Waals surface area contributed by atoms with Crippen LogP contribution in [-0.4, -0.2) is 20.8 Å². The summed E-state index contributed by atoms with van der Waals surface area (Å²) in [6, 6.07) is 0. The summed E-state index contributed by atoms with van der Waals surface area (Å²) < 4.78 is 1.82. The van der Waals surface area contributed by atoms with Crippen LogP contribution in [0.1, 0.15) is 46.2 Å². The second-order valence-corrected chi connectivity index (χ2v) is 5.52. The van der Waals surface area contributed by atoms with Gasteiger partial charge in [0.15, 0.2) is 0 Å². The number of carbonyl (C=O) groups is 1. The van der Waals surface area contributed by atoms with Crippen LogP contribution in [0.2, 0.25) is 0 Å². The molecule has 0 aliphatic carbocycles. The number of aromatic nitrogens is 3. The van der Waals surface area contributed by atoms with Crippen LogP contribution in [-0.2, 0) is 17.8 Å². The van der Waals surface area contributed by atoms with Crippen LogP contribution < -0.4 is 0 Å². The van der Waals surface area contributed by atoms with E-state index in [1.807, 2.05) is 10.9 Å². The van der Waals surface area contributed by atoms with E-state index >= 15 is 0 Å². The van der Waals surface area contributed by atoms with Crippen LogP contribution in [0, 0.1) is 5.41 Å². The van der Waals surface area contributed by atoms with Gasteiger partial charge in [-0.3, -0.25) is 4.68 Å². The van der Waals surface area contributed by atoms with E-state index in [1.165, 1.54) is 0 Å². The molecule has 90 valence electrons. The Hall–Kier alpha value is -1.19. The van der Waals surface area contributed by atoms with Gasteiger partial charge in [0.25, 0.3) is 0 Å². The minimum absolute atomic E-state index is 0.232. The van der Waals surface area contributed by atoms with Crippen molar-refractivity contribution >= 4 is 5.78 Å². The Balaban J connectivity index is 2.42. The van der Waals surface area contributed by atoms with Crippen molar-refractivity contribution in [3.8, 4) is 0 Å². The molecule has 1 heterocycles. The van der Waals surface area contributed by atoms with Crippen molar-refractivity contribution in [1.82, 2.24) is 15.0 Å². The van der Waals surface area contributed by atoms with E-state index in [0.29, 0.717) is 6.42 Å². The molecular formula is C12H21N3O. The molecule has 0 spiro atoms. The Bertz CT molecular complexity index is 349. The van der Waals surface area contributed by atoms with Crippen LogP contribution in [0.15, 0.2) is 6.20 Å². The van der Waals surface area contributed by atoms with Crippen molar-refractivity contribution in [1.29, 1.82) is 0 Å². The fraction of sp³-hybridized carbons (Fsp3) is 0.750. The van der Waals surface area contributed by atoms with E-state index in [-0.39, 0.29) is 11.2 Å². The third kappa shape index (κ3) is 5.05. The van der Waals surface area contributed by atoms with E-state index in [9.17, 15) is 4.79 Å². The summed E-state index contributed by atoms with van der Waals surface area (Å²) in [4.78, 5) is 10.8. The number of hydrogen-bond acceptors (Lipinski definition) is 3. The Morgan fingerprint density at radius 3 is 2.69 bits per heavy atom. The van der Waals surface area contributed by atoms with Crippen molar-refractivity contribution in [3.05, 3.63) is 11.9 Å². The lowest BCUT2D eigenvalue weighted by Gasteiger charge is -2.15. The van der Waals surface area contributed by atoms with Gasteiger partial charge in [-0.1, -0.05) is 26.0 Å². The lowest BCUT2D eigenvalue weighted by Crippen LogP contribution is -2.09. The van der Waals surface area contributed by atoms with Gasteiger partial charge in [-0.05, 0) is 25.2 Å². The average molecular weight is 223 g/mol. The number of Topliss-reactive ketones (excluding diaryl/α,β-unsaturated/α-hetero) is 1. The molecule has 0 fully saturated rings. The molecule has 0 atom stereocenters. The van der Waals surface area contributed by atoms with Crippen LogP contribution in [0.4, 0.5) is 0 Å². The van der Waals surface area contributed by atoms with Gasteiger partial charge in [0.05, 0.1) is 5.69 Å². The van der Waals surface area contributed by atoms with Crippen LogP contribution >= 0.6 is 0 Å². The topological polar surface area (TPSA) is 47.8 Å². The monoisotopic (exact) mass is 223 g/mol. The Kier molecular flexibility index (Phi) is 4.21.